The third kappa shape index (κ3) is 1.89. The van der Waals surface area contributed by atoms with Gasteiger partial charge >= 0.3 is 0 Å². The van der Waals surface area contributed by atoms with Crippen molar-refractivity contribution in [1.82, 2.24) is 4.98 Å². The van der Waals surface area contributed by atoms with Crippen molar-refractivity contribution < 1.29 is 9.47 Å². The molecule has 1 rings (SSSR count). The standard InChI is InChI=1S/C8H9BrClNO2/c1-4-5(10)8(13-3)11-7(9)6(4)12-2/h1-3H3. The highest BCUT2D eigenvalue weighted by Crippen LogP contribution is 2.36. The fourth-order valence-electron chi connectivity index (χ4n) is 0.976. The van der Waals surface area contributed by atoms with E-state index < -0.39 is 0 Å². The Labute approximate surface area is 90.1 Å². The fraction of sp³-hybridized carbons (Fsp3) is 0.375. The molecule has 0 atom stereocenters. The van der Waals surface area contributed by atoms with Crippen molar-refractivity contribution >= 4 is 27.5 Å². The van der Waals surface area contributed by atoms with Crippen molar-refractivity contribution in [3.8, 4) is 11.6 Å². The minimum absolute atomic E-state index is 0.395. The van der Waals surface area contributed by atoms with Crippen LogP contribution in [0.3, 0.4) is 0 Å². The van der Waals surface area contributed by atoms with Crippen LogP contribution in [0.1, 0.15) is 5.56 Å². The van der Waals surface area contributed by atoms with Gasteiger partial charge in [0.05, 0.1) is 14.2 Å². The quantitative estimate of drug-likeness (QED) is 0.771. The topological polar surface area (TPSA) is 31.4 Å². The summed E-state index contributed by atoms with van der Waals surface area (Å²) in [6.07, 6.45) is 0. The van der Waals surface area contributed by atoms with Crippen LogP contribution in [0.2, 0.25) is 5.02 Å². The lowest BCUT2D eigenvalue weighted by Gasteiger charge is -2.10. The molecule has 0 saturated heterocycles. The van der Waals surface area contributed by atoms with Crippen molar-refractivity contribution in [2.45, 2.75) is 6.92 Å². The van der Waals surface area contributed by atoms with E-state index in [0.717, 1.165) is 5.56 Å². The Kier molecular flexibility index (Phi) is 3.39. The van der Waals surface area contributed by atoms with Crippen LogP contribution in [0.4, 0.5) is 0 Å². The number of ether oxygens (including phenoxy) is 2. The molecule has 0 spiro atoms. The Morgan fingerprint density at radius 3 is 2.38 bits per heavy atom. The summed E-state index contributed by atoms with van der Waals surface area (Å²) >= 11 is 9.22. The van der Waals surface area contributed by atoms with Gasteiger partial charge in [-0.3, -0.25) is 0 Å². The van der Waals surface area contributed by atoms with E-state index >= 15 is 0 Å². The van der Waals surface area contributed by atoms with E-state index in [0.29, 0.717) is 21.3 Å². The van der Waals surface area contributed by atoms with Gasteiger partial charge in [0.25, 0.3) is 0 Å². The highest BCUT2D eigenvalue weighted by atomic mass is 79.9. The van der Waals surface area contributed by atoms with E-state index in [4.69, 9.17) is 21.1 Å². The van der Waals surface area contributed by atoms with Gasteiger partial charge < -0.3 is 9.47 Å². The largest absolute Gasteiger partial charge is 0.494 e. The molecule has 1 aromatic heterocycles. The molecule has 13 heavy (non-hydrogen) atoms. The Morgan fingerprint density at radius 2 is 1.92 bits per heavy atom. The van der Waals surface area contributed by atoms with Crippen molar-refractivity contribution in [2.24, 2.45) is 0 Å². The zero-order valence-corrected chi connectivity index (χ0v) is 9.86. The first-order valence-corrected chi connectivity index (χ1v) is 4.72. The molecule has 3 nitrogen and oxygen atoms in total. The number of hydrogen-bond donors (Lipinski definition) is 0. The second-order valence-electron chi connectivity index (χ2n) is 2.38. The smallest absolute Gasteiger partial charge is 0.233 e. The molecule has 0 N–H and O–H groups in total. The summed E-state index contributed by atoms with van der Waals surface area (Å²) in [5.41, 5.74) is 0.808. The van der Waals surface area contributed by atoms with Gasteiger partial charge in [0, 0.05) is 5.56 Å². The van der Waals surface area contributed by atoms with E-state index in [1.165, 1.54) is 7.11 Å². The predicted octanol–water partition coefficient (Wildman–Crippen LogP) is 2.82. The molecule has 72 valence electrons. The molecule has 0 unspecified atom stereocenters. The number of aromatic nitrogens is 1. The number of rotatable bonds is 2. The van der Waals surface area contributed by atoms with Gasteiger partial charge in [0.2, 0.25) is 5.88 Å². The molecule has 0 aliphatic rings. The Morgan fingerprint density at radius 1 is 1.31 bits per heavy atom. The van der Waals surface area contributed by atoms with Crippen LogP contribution in [0.15, 0.2) is 4.60 Å². The molecular formula is C8H9BrClNO2. The maximum atomic E-state index is 5.96. The van der Waals surface area contributed by atoms with Crippen LogP contribution in [0.25, 0.3) is 0 Å². The molecule has 1 aromatic rings. The normalized spacial score (nSPS) is 9.92. The van der Waals surface area contributed by atoms with E-state index in [9.17, 15) is 0 Å². The summed E-state index contributed by atoms with van der Waals surface area (Å²) in [5, 5.41) is 0.475. The summed E-state index contributed by atoms with van der Waals surface area (Å²) < 4.78 is 10.7. The summed E-state index contributed by atoms with van der Waals surface area (Å²) in [5.74, 6) is 1.03. The molecule has 0 saturated carbocycles. The third-order valence-electron chi connectivity index (χ3n) is 1.64. The minimum Gasteiger partial charge on any atom is -0.494 e. The van der Waals surface area contributed by atoms with Crippen LogP contribution in [0, 0.1) is 6.92 Å². The highest BCUT2D eigenvalue weighted by Gasteiger charge is 2.14. The average molecular weight is 267 g/mol. The molecule has 0 bridgehead atoms. The molecule has 0 aromatic carbocycles. The Hall–Kier alpha value is -0.480. The second-order valence-corrected chi connectivity index (χ2v) is 3.51. The van der Waals surface area contributed by atoms with Crippen molar-refractivity contribution in [3.63, 3.8) is 0 Å². The summed E-state index contributed by atoms with van der Waals surface area (Å²) in [6.45, 7) is 1.84. The van der Waals surface area contributed by atoms with E-state index in [-0.39, 0.29) is 0 Å². The molecule has 0 aliphatic carbocycles. The van der Waals surface area contributed by atoms with Crippen LogP contribution in [-0.4, -0.2) is 19.2 Å². The lowest BCUT2D eigenvalue weighted by molar-refractivity contribution is 0.383. The molecule has 0 radical (unpaired) electrons. The number of nitrogens with zero attached hydrogens (tertiary/aromatic N) is 1. The predicted molar refractivity (Wildman–Crippen MR) is 54.8 cm³/mol. The van der Waals surface area contributed by atoms with Gasteiger partial charge in [0.15, 0.2) is 10.4 Å². The molecule has 0 fully saturated rings. The molecule has 5 heteroatoms. The Balaban J connectivity index is 3.37. The van der Waals surface area contributed by atoms with Gasteiger partial charge in [-0.15, -0.1) is 0 Å². The monoisotopic (exact) mass is 265 g/mol. The first-order valence-electron chi connectivity index (χ1n) is 3.55. The van der Waals surface area contributed by atoms with Crippen molar-refractivity contribution in [1.29, 1.82) is 0 Å². The van der Waals surface area contributed by atoms with E-state index in [2.05, 4.69) is 20.9 Å². The lowest BCUT2D eigenvalue weighted by atomic mass is 10.3. The van der Waals surface area contributed by atoms with Gasteiger partial charge in [-0.1, -0.05) is 11.6 Å². The number of methoxy groups -OCH3 is 2. The maximum Gasteiger partial charge on any atom is 0.233 e. The number of halogens is 2. The van der Waals surface area contributed by atoms with Gasteiger partial charge in [-0.2, -0.15) is 0 Å². The number of pyridine rings is 1. The van der Waals surface area contributed by atoms with Gasteiger partial charge in [-0.05, 0) is 22.9 Å². The summed E-state index contributed by atoms with van der Waals surface area (Å²) in [7, 11) is 3.09. The molecule has 0 amide bonds. The zero-order chi connectivity index (χ0) is 10.0. The summed E-state index contributed by atoms with van der Waals surface area (Å²) in [4.78, 5) is 4.06. The molecular weight excluding hydrogens is 257 g/mol. The van der Waals surface area contributed by atoms with Crippen LogP contribution in [0.5, 0.6) is 11.6 Å². The van der Waals surface area contributed by atoms with Crippen LogP contribution >= 0.6 is 27.5 Å². The highest BCUT2D eigenvalue weighted by molar-refractivity contribution is 9.10. The van der Waals surface area contributed by atoms with Gasteiger partial charge in [-0.25, -0.2) is 4.98 Å². The zero-order valence-electron chi connectivity index (χ0n) is 7.52. The SMILES string of the molecule is COc1nc(Br)c(OC)c(C)c1Cl. The fourth-order valence-corrected chi connectivity index (χ4v) is 1.80. The Bertz CT molecular complexity index is 330. The lowest BCUT2D eigenvalue weighted by Crippen LogP contribution is -1.96. The first-order chi connectivity index (χ1) is 6.11. The second kappa shape index (κ2) is 4.15. The minimum atomic E-state index is 0.395. The third-order valence-corrected chi connectivity index (χ3v) is 2.62. The molecule has 1 heterocycles. The number of hydrogen-bond acceptors (Lipinski definition) is 3. The summed E-state index contributed by atoms with van der Waals surface area (Å²) in [6, 6.07) is 0. The van der Waals surface area contributed by atoms with Crippen molar-refractivity contribution in [3.05, 3.63) is 15.2 Å². The van der Waals surface area contributed by atoms with Crippen molar-refractivity contribution in [2.75, 3.05) is 14.2 Å². The van der Waals surface area contributed by atoms with E-state index in [1.807, 2.05) is 6.92 Å². The van der Waals surface area contributed by atoms with Gasteiger partial charge in [0.1, 0.15) is 5.02 Å². The van der Waals surface area contributed by atoms with E-state index in [1.54, 1.807) is 7.11 Å². The maximum absolute atomic E-state index is 5.96. The average Bonchev–Trinajstić information content (AvgIpc) is 2.12. The van der Waals surface area contributed by atoms with Crippen LogP contribution < -0.4 is 9.47 Å². The first kappa shape index (κ1) is 10.6. The van der Waals surface area contributed by atoms with Crippen LogP contribution in [-0.2, 0) is 0 Å². The molecule has 0 aliphatic heterocycles.